The maximum atomic E-state index is 11.5. The van der Waals surface area contributed by atoms with Crippen LogP contribution in [0.3, 0.4) is 0 Å². The number of benzene rings is 1. The van der Waals surface area contributed by atoms with Crippen LogP contribution in [0.4, 0.5) is 0 Å². The zero-order chi connectivity index (χ0) is 21.3. The molecule has 0 radical (unpaired) electrons. The minimum Gasteiger partial charge on any atom is -0.492 e. The number of aliphatic imine (C=N–C) groups is 1. The summed E-state index contributed by atoms with van der Waals surface area (Å²) >= 11 is 0. The number of nitrogens with zero attached hydrogens (tertiary/aromatic N) is 3. The Morgan fingerprint density at radius 3 is 2.52 bits per heavy atom. The number of rotatable bonds is 10. The van der Waals surface area contributed by atoms with E-state index >= 15 is 0 Å². The second kappa shape index (κ2) is 11.4. The molecule has 1 heterocycles. The number of hydrogen-bond acceptors (Lipinski definition) is 5. The summed E-state index contributed by atoms with van der Waals surface area (Å²) in [6, 6.07) is 6.50. The molecule has 1 N–H and O–H groups in total. The number of nitrogens with one attached hydrogen (secondary N) is 1. The van der Waals surface area contributed by atoms with Crippen LogP contribution in [0, 0.1) is 5.92 Å². The van der Waals surface area contributed by atoms with Gasteiger partial charge in [-0.1, -0.05) is 13.8 Å². The minimum atomic E-state index is -3.18. The fourth-order valence-corrected chi connectivity index (χ4v) is 4.18. The number of hydrogen-bond donors (Lipinski definition) is 1. The molecule has 0 amide bonds. The van der Waals surface area contributed by atoms with Crippen molar-refractivity contribution in [2.24, 2.45) is 10.9 Å². The first-order valence-corrected chi connectivity index (χ1v) is 12.4. The first-order valence-electron chi connectivity index (χ1n) is 10.6. The van der Waals surface area contributed by atoms with Crippen molar-refractivity contribution in [1.82, 2.24) is 15.1 Å². The van der Waals surface area contributed by atoms with Crippen molar-refractivity contribution in [2.45, 2.75) is 32.1 Å². The van der Waals surface area contributed by atoms with Crippen molar-refractivity contribution in [3.05, 3.63) is 24.3 Å². The summed E-state index contributed by atoms with van der Waals surface area (Å²) in [6.45, 7) is 13.8. The first-order chi connectivity index (χ1) is 13.9. The summed E-state index contributed by atoms with van der Waals surface area (Å²) in [6.07, 6.45) is 2.40. The lowest BCUT2D eigenvalue weighted by Crippen LogP contribution is -2.41. The highest BCUT2D eigenvalue weighted by atomic mass is 32.2. The minimum absolute atomic E-state index is 0.297. The van der Waals surface area contributed by atoms with Crippen LogP contribution in [0.15, 0.2) is 34.2 Å². The van der Waals surface area contributed by atoms with Crippen LogP contribution < -0.4 is 10.1 Å². The highest BCUT2D eigenvalue weighted by Crippen LogP contribution is 2.18. The normalized spacial score (nSPS) is 17.8. The molecular formula is C21H36N4O3S. The van der Waals surface area contributed by atoms with E-state index in [1.165, 1.54) is 12.7 Å². The molecule has 1 atom stereocenters. The average Bonchev–Trinajstić information content (AvgIpc) is 3.16. The first kappa shape index (κ1) is 23.5. The Hall–Kier alpha value is -1.80. The van der Waals surface area contributed by atoms with Crippen molar-refractivity contribution in [3.63, 3.8) is 0 Å². The highest BCUT2D eigenvalue weighted by molar-refractivity contribution is 7.90. The second-order valence-corrected chi connectivity index (χ2v) is 9.43. The molecule has 8 heteroatoms. The number of ether oxygens (including phenoxy) is 1. The van der Waals surface area contributed by atoms with E-state index in [9.17, 15) is 8.42 Å². The van der Waals surface area contributed by atoms with Crippen molar-refractivity contribution in [1.29, 1.82) is 0 Å². The molecule has 164 valence electrons. The van der Waals surface area contributed by atoms with E-state index in [1.807, 2.05) is 0 Å². The van der Waals surface area contributed by atoms with Crippen LogP contribution in [0.5, 0.6) is 5.75 Å². The van der Waals surface area contributed by atoms with Gasteiger partial charge in [0.25, 0.3) is 0 Å². The van der Waals surface area contributed by atoms with E-state index in [4.69, 9.17) is 9.73 Å². The van der Waals surface area contributed by atoms with Crippen molar-refractivity contribution in [3.8, 4) is 5.75 Å². The molecule has 0 aromatic heterocycles. The summed E-state index contributed by atoms with van der Waals surface area (Å²) < 4.78 is 28.7. The third-order valence-corrected chi connectivity index (χ3v) is 6.33. The van der Waals surface area contributed by atoms with E-state index in [-0.39, 0.29) is 0 Å². The third-order valence-electron chi connectivity index (χ3n) is 5.20. The average molecular weight is 425 g/mol. The monoisotopic (exact) mass is 424 g/mol. The van der Waals surface area contributed by atoms with Gasteiger partial charge < -0.3 is 19.9 Å². The zero-order valence-corrected chi connectivity index (χ0v) is 19.0. The van der Waals surface area contributed by atoms with Crippen molar-refractivity contribution in [2.75, 3.05) is 58.7 Å². The molecule has 1 aromatic carbocycles. The topological polar surface area (TPSA) is 74.2 Å². The van der Waals surface area contributed by atoms with Crippen LogP contribution >= 0.6 is 0 Å². The molecule has 0 spiro atoms. The molecule has 2 rings (SSSR count). The van der Waals surface area contributed by atoms with Crippen LogP contribution in [-0.4, -0.2) is 82.9 Å². The fourth-order valence-electron chi connectivity index (χ4n) is 3.54. The predicted molar refractivity (Wildman–Crippen MR) is 118 cm³/mol. The van der Waals surface area contributed by atoms with Gasteiger partial charge in [0.15, 0.2) is 15.8 Å². The second-order valence-electron chi connectivity index (χ2n) is 7.41. The molecular weight excluding hydrogens is 388 g/mol. The van der Waals surface area contributed by atoms with E-state index in [1.54, 1.807) is 24.3 Å². The van der Waals surface area contributed by atoms with Crippen molar-refractivity contribution >= 4 is 15.8 Å². The van der Waals surface area contributed by atoms with Gasteiger partial charge in [0.05, 0.1) is 11.4 Å². The lowest BCUT2D eigenvalue weighted by Gasteiger charge is -2.24. The fraction of sp³-hybridized carbons (Fsp3) is 0.667. The molecule has 1 aromatic rings. The summed E-state index contributed by atoms with van der Waals surface area (Å²) in [5.41, 5.74) is 0. The lowest BCUT2D eigenvalue weighted by molar-refractivity contribution is 0.255. The van der Waals surface area contributed by atoms with Gasteiger partial charge in [-0.05, 0) is 56.6 Å². The Morgan fingerprint density at radius 2 is 1.93 bits per heavy atom. The Kier molecular flexibility index (Phi) is 9.23. The lowest BCUT2D eigenvalue weighted by atomic mass is 10.1. The quantitative estimate of drug-likeness (QED) is 0.352. The molecule has 0 bridgehead atoms. The van der Waals surface area contributed by atoms with Crippen LogP contribution in [-0.2, 0) is 9.84 Å². The Morgan fingerprint density at radius 1 is 1.24 bits per heavy atom. The third kappa shape index (κ3) is 7.51. The molecule has 1 aliphatic heterocycles. The summed E-state index contributed by atoms with van der Waals surface area (Å²) in [5, 5.41) is 3.39. The largest absolute Gasteiger partial charge is 0.492 e. The highest BCUT2D eigenvalue weighted by Gasteiger charge is 2.25. The molecule has 7 nitrogen and oxygen atoms in total. The van der Waals surface area contributed by atoms with E-state index in [0.717, 1.165) is 45.2 Å². The maximum Gasteiger partial charge on any atom is 0.194 e. The number of sulfone groups is 1. The van der Waals surface area contributed by atoms with Gasteiger partial charge in [-0.15, -0.1) is 0 Å². The van der Waals surface area contributed by atoms with E-state index < -0.39 is 9.84 Å². The summed E-state index contributed by atoms with van der Waals surface area (Å²) in [5.74, 6) is 2.28. The van der Waals surface area contributed by atoms with Gasteiger partial charge in [-0.3, -0.25) is 0 Å². The zero-order valence-electron chi connectivity index (χ0n) is 18.2. The van der Waals surface area contributed by atoms with Gasteiger partial charge in [-0.25, -0.2) is 13.4 Å². The van der Waals surface area contributed by atoms with Gasteiger partial charge in [0.2, 0.25) is 0 Å². The standard InChI is InChI=1S/C21H36N4O3S/c1-5-22-21(25-14-12-18(17-25)16-24(6-2)7-3)23-13-15-28-19-8-10-20(11-9-19)29(4,26)27/h8-11,18H,5-7,12-17H2,1-4H3,(H,22,23). The molecule has 1 saturated heterocycles. The molecule has 1 unspecified atom stereocenters. The van der Waals surface area contributed by atoms with Crippen LogP contribution in [0.2, 0.25) is 0 Å². The molecule has 0 saturated carbocycles. The van der Waals surface area contributed by atoms with E-state index in [0.29, 0.717) is 29.7 Å². The van der Waals surface area contributed by atoms with Crippen LogP contribution in [0.1, 0.15) is 27.2 Å². The van der Waals surface area contributed by atoms with Gasteiger partial charge >= 0.3 is 0 Å². The van der Waals surface area contributed by atoms with Crippen molar-refractivity contribution < 1.29 is 13.2 Å². The van der Waals surface area contributed by atoms with Gasteiger partial charge in [0, 0.05) is 32.4 Å². The molecule has 1 fully saturated rings. The molecule has 0 aliphatic carbocycles. The molecule has 29 heavy (non-hydrogen) atoms. The Labute approximate surface area is 176 Å². The summed E-state index contributed by atoms with van der Waals surface area (Å²) in [7, 11) is -3.18. The molecule has 1 aliphatic rings. The van der Waals surface area contributed by atoms with Crippen LogP contribution in [0.25, 0.3) is 0 Å². The van der Waals surface area contributed by atoms with Gasteiger partial charge in [-0.2, -0.15) is 0 Å². The number of guanidine groups is 1. The SMILES string of the molecule is CCNC(=NCCOc1ccc(S(C)(=O)=O)cc1)N1CCC(CN(CC)CC)C1. The smallest absolute Gasteiger partial charge is 0.194 e. The summed E-state index contributed by atoms with van der Waals surface area (Å²) in [4.78, 5) is 9.85. The van der Waals surface area contributed by atoms with E-state index in [2.05, 4.69) is 35.9 Å². The Bertz CT molecular complexity index is 746. The number of likely N-dealkylation sites (tertiary alicyclic amines) is 1. The predicted octanol–water partition coefficient (Wildman–Crippen LogP) is 2.10. The maximum absolute atomic E-state index is 11.5. The Balaban J connectivity index is 1.84. The van der Waals surface area contributed by atoms with Gasteiger partial charge in [0.1, 0.15) is 12.4 Å².